The van der Waals surface area contributed by atoms with E-state index < -0.39 is 12.2 Å². The van der Waals surface area contributed by atoms with Crippen LogP contribution in [-0.2, 0) is 0 Å². The first-order valence-electron chi connectivity index (χ1n) is 7.47. The Balaban J connectivity index is 1.81. The summed E-state index contributed by atoms with van der Waals surface area (Å²) in [5, 5.41) is 2.83. The van der Waals surface area contributed by atoms with Gasteiger partial charge in [-0.05, 0) is 49.1 Å². The summed E-state index contributed by atoms with van der Waals surface area (Å²) in [6, 6.07) is 6.54. The molecule has 1 aliphatic carbocycles. The number of piperidine rings is 1. The topological polar surface area (TPSA) is 12.0 Å². The van der Waals surface area contributed by atoms with Crippen LogP contribution in [0.4, 0.5) is 13.2 Å². The first-order chi connectivity index (χ1) is 9.55. The van der Waals surface area contributed by atoms with Crippen LogP contribution >= 0.6 is 0 Å². The van der Waals surface area contributed by atoms with E-state index in [0.717, 1.165) is 12.0 Å². The minimum Gasteiger partial charge on any atom is -0.299 e. The number of alkyl halides is 3. The Morgan fingerprint density at radius 1 is 0.900 bits per heavy atom. The molecule has 1 aliphatic heterocycles. The van der Waals surface area contributed by atoms with Gasteiger partial charge in [-0.25, -0.2) is 0 Å². The Morgan fingerprint density at radius 3 is 2.15 bits per heavy atom. The highest BCUT2D eigenvalue weighted by molar-refractivity contribution is 5.34. The lowest BCUT2D eigenvalue weighted by molar-refractivity contribution is -0.163. The zero-order valence-electron chi connectivity index (χ0n) is 11.4. The highest BCUT2D eigenvalue weighted by atomic mass is 19.4. The lowest BCUT2D eigenvalue weighted by atomic mass is 9.76. The second kappa shape index (κ2) is 5.40. The predicted octanol–water partition coefficient (Wildman–Crippen LogP) is 4.70. The summed E-state index contributed by atoms with van der Waals surface area (Å²) in [4.78, 5) is 0. The van der Waals surface area contributed by atoms with Crippen LogP contribution in [0.3, 0.4) is 0 Å². The average molecular weight is 283 g/mol. The van der Waals surface area contributed by atoms with Gasteiger partial charge in [-0.15, -0.1) is 0 Å². The first kappa shape index (κ1) is 13.9. The minimum absolute atomic E-state index is 0.146. The molecule has 4 heteroatoms. The standard InChI is InChI=1S/C16H20F3N/c17-16(18,19)15-10-4-9-14(20-15)13-8-2-1-7-12(13)11-5-3-6-11/h1-2,7-8,11,14-15,20H,3-6,9-10H2. The third kappa shape index (κ3) is 2.71. The summed E-state index contributed by atoms with van der Waals surface area (Å²) in [6.07, 6.45) is 1.09. The summed E-state index contributed by atoms with van der Waals surface area (Å²) in [5.41, 5.74) is 2.35. The van der Waals surface area contributed by atoms with Gasteiger partial charge in [-0.1, -0.05) is 30.7 Å². The molecular weight excluding hydrogens is 263 g/mol. The molecule has 0 aromatic heterocycles. The van der Waals surface area contributed by atoms with E-state index in [1.54, 1.807) is 0 Å². The van der Waals surface area contributed by atoms with E-state index in [2.05, 4.69) is 11.4 Å². The molecule has 0 spiro atoms. The summed E-state index contributed by atoms with van der Waals surface area (Å²) in [5.74, 6) is 0.555. The van der Waals surface area contributed by atoms with Crippen molar-refractivity contribution in [2.24, 2.45) is 0 Å². The molecule has 3 rings (SSSR count). The maximum Gasteiger partial charge on any atom is 0.403 e. The lowest BCUT2D eigenvalue weighted by Gasteiger charge is -2.36. The van der Waals surface area contributed by atoms with E-state index in [1.165, 1.54) is 24.8 Å². The second-order valence-electron chi connectivity index (χ2n) is 6.00. The fourth-order valence-electron chi connectivity index (χ4n) is 3.36. The zero-order valence-corrected chi connectivity index (χ0v) is 11.4. The molecule has 1 nitrogen and oxygen atoms in total. The quantitative estimate of drug-likeness (QED) is 0.829. The van der Waals surface area contributed by atoms with Crippen molar-refractivity contribution in [2.45, 2.75) is 62.7 Å². The van der Waals surface area contributed by atoms with Crippen LogP contribution in [0.25, 0.3) is 0 Å². The van der Waals surface area contributed by atoms with Crippen molar-refractivity contribution in [3.8, 4) is 0 Å². The zero-order chi connectivity index (χ0) is 14.2. The van der Waals surface area contributed by atoms with Crippen molar-refractivity contribution in [2.75, 3.05) is 0 Å². The van der Waals surface area contributed by atoms with Crippen LogP contribution in [0.1, 0.15) is 61.6 Å². The summed E-state index contributed by atoms with van der Waals surface area (Å²) in [6.45, 7) is 0. The lowest BCUT2D eigenvalue weighted by Crippen LogP contribution is -2.46. The molecule has 1 heterocycles. The van der Waals surface area contributed by atoms with Crippen molar-refractivity contribution in [3.05, 3.63) is 35.4 Å². The highest BCUT2D eigenvalue weighted by Crippen LogP contribution is 2.41. The molecule has 20 heavy (non-hydrogen) atoms. The second-order valence-corrected chi connectivity index (χ2v) is 6.00. The molecule has 1 aromatic carbocycles. The fourth-order valence-corrected chi connectivity index (χ4v) is 3.36. The third-order valence-electron chi connectivity index (χ3n) is 4.70. The average Bonchev–Trinajstić information content (AvgIpc) is 2.37. The predicted molar refractivity (Wildman–Crippen MR) is 72.6 cm³/mol. The number of benzene rings is 1. The maximum absolute atomic E-state index is 12.9. The number of hydrogen-bond acceptors (Lipinski definition) is 1. The van der Waals surface area contributed by atoms with Gasteiger partial charge in [0.05, 0.1) is 0 Å². The van der Waals surface area contributed by atoms with Gasteiger partial charge in [0.25, 0.3) is 0 Å². The van der Waals surface area contributed by atoms with Gasteiger partial charge in [-0.2, -0.15) is 13.2 Å². The summed E-state index contributed by atoms with van der Waals surface area (Å²) in [7, 11) is 0. The van der Waals surface area contributed by atoms with Gasteiger partial charge in [0.1, 0.15) is 6.04 Å². The number of halogens is 3. The maximum atomic E-state index is 12.9. The van der Waals surface area contributed by atoms with Gasteiger partial charge in [0, 0.05) is 6.04 Å². The molecule has 0 bridgehead atoms. The third-order valence-corrected chi connectivity index (χ3v) is 4.70. The Kier molecular flexibility index (Phi) is 3.76. The molecule has 0 amide bonds. The van der Waals surface area contributed by atoms with E-state index in [4.69, 9.17) is 0 Å². The van der Waals surface area contributed by atoms with E-state index >= 15 is 0 Å². The number of nitrogens with one attached hydrogen (secondary N) is 1. The molecule has 1 saturated heterocycles. The van der Waals surface area contributed by atoms with E-state index in [9.17, 15) is 13.2 Å². The highest BCUT2D eigenvalue weighted by Gasteiger charge is 2.42. The van der Waals surface area contributed by atoms with Crippen molar-refractivity contribution in [1.82, 2.24) is 5.32 Å². The summed E-state index contributed by atoms with van der Waals surface area (Å²) < 4.78 is 38.7. The smallest absolute Gasteiger partial charge is 0.299 e. The van der Waals surface area contributed by atoms with Crippen molar-refractivity contribution >= 4 is 0 Å². The molecule has 110 valence electrons. The molecule has 0 radical (unpaired) electrons. The monoisotopic (exact) mass is 283 g/mol. The minimum atomic E-state index is -4.13. The van der Waals surface area contributed by atoms with Crippen LogP contribution in [0.2, 0.25) is 0 Å². The number of rotatable bonds is 2. The molecule has 2 fully saturated rings. The first-order valence-corrected chi connectivity index (χ1v) is 7.47. The van der Waals surface area contributed by atoms with Gasteiger partial charge >= 0.3 is 6.18 Å². The number of hydrogen-bond donors (Lipinski definition) is 1. The van der Waals surface area contributed by atoms with Crippen LogP contribution in [0, 0.1) is 0 Å². The van der Waals surface area contributed by atoms with Gasteiger partial charge in [-0.3, -0.25) is 5.32 Å². The largest absolute Gasteiger partial charge is 0.403 e. The van der Waals surface area contributed by atoms with E-state index in [1.807, 2.05) is 18.2 Å². The van der Waals surface area contributed by atoms with Gasteiger partial charge in [0.15, 0.2) is 0 Å². The Bertz CT molecular complexity index is 465. The Labute approximate surface area is 117 Å². The molecule has 1 saturated carbocycles. The van der Waals surface area contributed by atoms with Crippen LogP contribution in [-0.4, -0.2) is 12.2 Å². The van der Waals surface area contributed by atoms with Crippen LogP contribution in [0.5, 0.6) is 0 Å². The summed E-state index contributed by atoms with van der Waals surface area (Å²) >= 11 is 0. The molecule has 2 aliphatic rings. The Hall–Kier alpha value is -1.03. The van der Waals surface area contributed by atoms with Crippen molar-refractivity contribution < 1.29 is 13.2 Å². The van der Waals surface area contributed by atoms with E-state index in [-0.39, 0.29) is 12.5 Å². The molecule has 2 unspecified atom stereocenters. The Morgan fingerprint density at radius 2 is 1.55 bits per heavy atom. The van der Waals surface area contributed by atoms with Crippen molar-refractivity contribution in [1.29, 1.82) is 0 Å². The molecular formula is C16H20F3N. The van der Waals surface area contributed by atoms with Gasteiger partial charge in [0.2, 0.25) is 0 Å². The SMILES string of the molecule is FC(F)(F)C1CCCC(c2ccccc2C2CCC2)N1. The molecule has 2 atom stereocenters. The molecule has 1 N–H and O–H groups in total. The van der Waals surface area contributed by atoms with E-state index in [0.29, 0.717) is 12.3 Å². The van der Waals surface area contributed by atoms with Crippen LogP contribution in [0.15, 0.2) is 24.3 Å². The van der Waals surface area contributed by atoms with Gasteiger partial charge < -0.3 is 0 Å². The van der Waals surface area contributed by atoms with Crippen molar-refractivity contribution in [3.63, 3.8) is 0 Å². The van der Waals surface area contributed by atoms with Crippen LogP contribution < -0.4 is 5.32 Å². The molecule has 1 aromatic rings. The fraction of sp³-hybridized carbons (Fsp3) is 0.625. The normalized spacial score (nSPS) is 28.1.